The molecule has 0 fully saturated rings. The summed E-state index contributed by atoms with van der Waals surface area (Å²) >= 11 is 0. The van der Waals surface area contributed by atoms with E-state index in [2.05, 4.69) is 5.32 Å². The molecule has 1 N–H and O–H groups in total. The molecule has 1 aromatic rings. The lowest BCUT2D eigenvalue weighted by Gasteiger charge is -2.32. The van der Waals surface area contributed by atoms with Crippen LogP contribution in [0.25, 0.3) is 0 Å². The lowest BCUT2D eigenvalue weighted by Crippen LogP contribution is -2.54. The van der Waals surface area contributed by atoms with E-state index in [1.807, 2.05) is 27.7 Å². The summed E-state index contributed by atoms with van der Waals surface area (Å²) in [4.78, 5) is 14.0. The van der Waals surface area contributed by atoms with Crippen LogP contribution < -0.4 is 10.2 Å². The minimum atomic E-state index is -0.656. The summed E-state index contributed by atoms with van der Waals surface area (Å²) in [5, 5.41) is 3.14. The number of carbonyl (C=O) groups is 1. The topological polar surface area (TPSA) is 32.3 Å². The summed E-state index contributed by atoms with van der Waals surface area (Å²) < 4.78 is 13.2. The van der Waals surface area contributed by atoms with Gasteiger partial charge in [0.2, 0.25) is 5.91 Å². The summed E-state index contributed by atoms with van der Waals surface area (Å²) in [5.41, 5.74) is -0.0645. The monoisotopic (exact) mass is 252 g/mol. The number of hydrogen-bond donors (Lipinski definition) is 1. The van der Waals surface area contributed by atoms with E-state index < -0.39 is 5.54 Å². The van der Waals surface area contributed by atoms with E-state index in [4.69, 9.17) is 0 Å². The van der Waals surface area contributed by atoms with Crippen LogP contribution >= 0.6 is 0 Å². The summed E-state index contributed by atoms with van der Waals surface area (Å²) in [6, 6.07) is 6.11. The number of halogens is 1. The fourth-order valence-corrected chi connectivity index (χ4v) is 1.94. The predicted molar refractivity (Wildman–Crippen MR) is 72.2 cm³/mol. The highest BCUT2D eigenvalue weighted by atomic mass is 19.1. The lowest BCUT2D eigenvalue weighted by atomic mass is 10.0. The third kappa shape index (κ3) is 3.29. The summed E-state index contributed by atoms with van der Waals surface area (Å²) in [6.07, 6.45) is 0. The smallest absolute Gasteiger partial charge is 0.246 e. The van der Waals surface area contributed by atoms with Crippen LogP contribution in [0, 0.1) is 5.82 Å². The van der Waals surface area contributed by atoms with E-state index >= 15 is 0 Å². The Morgan fingerprint density at radius 2 is 2.06 bits per heavy atom. The molecular weight excluding hydrogens is 231 g/mol. The molecule has 0 radical (unpaired) electrons. The Labute approximate surface area is 108 Å². The maximum atomic E-state index is 13.2. The molecule has 1 rings (SSSR count). The van der Waals surface area contributed by atoms with Gasteiger partial charge in [-0.3, -0.25) is 4.79 Å². The van der Waals surface area contributed by atoms with Crippen molar-refractivity contribution in [3.05, 3.63) is 30.1 Å². The standard InChI is InChI=1S/C14H21FN2O/c1-5-16-14(3,4)13(18)17(6-2)12-9-7-8-11(15)10-12/h7-10,16H,5-6H2,1-4H3. The Morgan fingerprint density at radius 3 is 2.56 bits per heavy atom. The van der Waals surface area contributed by atoms with Gasteiger partial charge in [-0.2, -0.15) is 0 Å². The lowest BCUT2D eigenvalue weighted by molar-refractivity contribution is -0.123. The highest BCUT2D eigenvalue weighted by molar-refractivity contribution is 5.99. The number of nitrogens with one attached hydrogen (secondary N) is 1. The Balaban J connectivity index is 3.00. The maximum Gasteiger partial charge on any atom is 0.246 e. The van der Waals surface area contributed by atoms with Crippen molar-refractivity contribution in [2.45, 2.75) is 33.2 Å². The van der Waals surface area contributed by atoms with E-state index in [9.17, 15) is 9.18 Å². The van der Waals surface area contributed by atoms with Crippen molar-refractivity contribution in [3.8, 4) is 0 Å². The zero-order valence-corrected chi connectivity index (χ0v) is 11.5. The average molecular weight is 252 g/mol. The molecule has 3 nitrogen and oxygen atoms in total. The van der Waals surface area contributed by atoms with Gasteiger partial charge in [-0.05, 0) is 45.5 Å². The summed E-state index contributed by atoms with van der Waals surface area (Å²) in [5.74, 6) is -0.391. The number of carbonyl (C=O) groups excluding carboxylic acids is 1. The molecule has 0 spiro atoms. The van der Waals surface area contributed by atoms with Crippen LogP contribution in [-0.4, -0.2) is 24.5 Å². The van der Waals surface area contributed by atoms with Gasteiger partial charge < -0.3 is 10.2 Å². The highest BCUT2D eigenvalue weighted by Gasteiger charge is 2.31. The van der Waals surface area contributed by atoms with Gasteiger partial charge in [0, 0.05) is 12.2 Å². The zero-order valence-electron chi connectivity index (χ0n) is 11.5. The van der Waals surface area contributed by atoms with Crippen molar-refractivity contribution >= 4 is 11.6 Å². The van der Waals surface area contributed by atoms with Crippen molar-refractivity contribution in [2.75, 3.05) is 18.0 Å². The number of rotatable bonds is 5. The second kappa shape index (κ2) is 5.96. The first-order valence-electron chi connectivity index (χ1n) is 6.25. The molecule has 1 amide bonds. The van der Waals surface area contributed by atoms with Crippen LogP contribution in [0.15, 0.2) is 24.3 Å². The normalized spacial score (nSPS) is 11.4. The number of likely N-dealkylation sites (N-methyl/N-ethyl adjacent to an activating group) is 2. The summed E-state index contributed by atoms with van der Waals surface area (Å²) in [7, 11) is 0. The molecule has 0 aliphatic carbocycles. The predicted octanol–water partition coefficient (Wildman–Crippen LogP) is 2.57. The quantitative estimate of drug-likeness (QED) is 0.873. The third-order valence-electron chi connectivity index (χ3n) is 2.83. The molecule has 0 saturated carbocycles. The van der Waals surface area contributed by atoms with Crippen LogP contribution in [-0.2, 0) is 4.79 Å². The van der Waals surface area contributed by atoms with Crippen molar-refractivity contribution in [1.29, 1.82) is 0 Å². The van der Waals surface area contributed by atoms with E-state index in [0.717, 1.165) is 0 Å². The van der Waals surface area contributed by atoms with Gasteiger partial charge in [0.05, 0.1) is 5.54 Å². The molecule has 1 aromatic carbocycles. The van der Waals surface area contributed by atoms with Crippen LogP contribution in [0.5, 0.6) is 0 Å². The minimum Gasteiger partial charge on any atom is -0.311 e. The Hall–Kier alpha value is -1.42. The van der Waals surface area contributed by atoms with Crippen LogP contribution in [0.4, 0.5) is 10.1 Å². The molecule has 18 heavy (non-hydrogen) atoms. The molecule has 0 atom stereocenters. The first kappa shape index (κ1) is 14.6. The van der Waals surface area contributed by atoms with Gasteiger partial charge in [-0.1, -0.05) is 13.0 Å². The second-order valence-corrected chi connectivity index (χ2v) is 4.68. The fraction of sp³-hybridized carbons (Fsp3) is 0.500. The summed E-state index contributed by atoms with van der Waals surface area (Å²) in [6.45, 7) is 8.72. The number of hydrogen-bond acceptors (Lipinski definition) is 2. The van der Waals surface area contributed by atoms with Gasteiger partial charge >= 0.3 is 0 Å². The van der Waals surface area contributed by atoms with Crippen molar-refractivity contribution in [1.82, 2.24) is 5.32 Å². The number of benzene rings is 1. The number of nitrogens with zero attached hydrogens (tertiary/aromatic N) is 1. The van der Waals surface area contributed by atoms with E-state index in [1.54, 1.807) is 17.0 Å². The molecule has 0 unspecified atom stereocenters. The molecule has 0 aliphatic heterocycles. The van der Waals surface area contributed by atoms with Gasteiger partial charge in [0.1, 0.15) is 5.82 Å². The fourth-order valence-electron chi connectivity index (χ4n) is 1.94. The van der Waals surface area contributed by atoms with E-state index in [1.165, 1.54) is 12.1 Å². The van der Waals surface area contributed by atoms with Gasteiger partial charge in [0.15, 0.2) is 0 Å². The van der Waals surface area contributed by atoms with Crippen LogP contribution in [0.1, 0.15) is 27.7 Å². The first-order chi connectivity index (χ1) is 8.42. The molecule has 0 bridgehead atoms. The molecule has 4 heteroatoms. The Morgan fingerprint density at radius 1 is 1.39 bits per heavy atom. The van der Waals surface area contributed by atoms with Crippen molar-refractivity contribution < 1.29 is 9.18 Å². The van der Waals surface area contributed by atoms with E-state index in [0.29, 0.717) is 18.8 Å². The van der Waals surface area contributed by atoms with E-state index in [-0.39, 0.29) is 11.7 Å². The molecule has 0 aliphatic rings. The SMILES string of the molecule is CCNC(C)(C)C(=O)N(CC)c1cccc(F)c1. The van der Waals surface area contributed by atoms with Gasteiger partial charge in [0.25, 0.3) is 0 Å². The largest absolute Gasteiger partial charge is 0.311 e. The molecule has 0 saturated heterocycles. The highest BCUT2D eigenvalue weighted by Crippen LogP contribution is 2.19. The average Bonchev–Trinajstić information content (AvgIpc) is 2.30. The molecule has 0 aromatic heterocycles. The Kier molecular flexibility index (Phi) is 4.84. The second-order valence-electron chi connectivity index (χ2n) is 4.68. The van der Waals surface area contributed by atoms with Crippen molar-refractivity contribution in [2.24, 2.45) is 0 Å². The maximum absolute atomic E-state index is 13.2. The third-order valence-corrected chi connectivity index (χ3v) is 2.83. The van der Waals surface area contributed by atoms with Gasteiger partial charge in [-0.15, -0.1) is 0 Å². The first-order valence-corrected chi connectivity index (χ1v) is 6.25. The number of anilines is 1. The van der Waals surface area contributed by atoms with Crippen LogP contribution in [0.2, 0.25) is 0 Å². The van der Waals surface area contributed by atoms with Gasteiger partial charge in [-0.25, -0.2) is 4.39 Å². The number of amides is 1. The molecular formula is C14H21FN2O. The Bertz CT molecular complexity index is 418. The molecule has 0 heterocycles. The van der Waals surface area contributed by atoms with Crippen LogP contribution in [0.3, 0.4) is 0 Å². The van der Waals surface area contributed by atoms with Crippen molar-refractivity contribution in [3.63, 3.8) is 0 Å². The minimum absolute atomic E-state index is 0.0579. The molecule has 100 valence electrons. The zero-order chi connectivity index (χ0) is 13.8.